The first-order valence-electron chi connectivity index (χ1n) is 3.93. The average Bonchev–Trinajstić information content (AvgIpc) is 1.87. The zero-order valence-corrected chi connectivity index (χ0v) is 7.52. The Morgan fingerprint density at radius 3 is 2.64 bits per heavy atom. The van der Waals surface area contributed by atoms with Gasteiger partial charge >= 0.3 is 0 Å². The van der Waals surface area contributed by atoms with Gasteiger partial charge in [0, 0.05) is 13.2 Å². The molecular weight excluding hydrogens is 142 g/mol. The minimum absolute atomic E-state index is 0.120. The molecule has 0 bridgehead atoms. The van der Waals surface area contributed by atoms with Crippen molar-refractivity contribution in [3.63, 3.8) is 0 Å². The molecule has 0 heterocycles. The lowest BCUT2D eigenvalue weighted by Gasteiger charge is -2.24. The van der Waals surface area contributed by atoms with Crippen LogP contribution in [-0.2, 0) is 9.53 Å². The van der Waals surface area contributed by atoms with E-state index in [1.54, 1.807) is 0 Å². The molecule has 0 aromatic heterocycles. The van der Waals surface area contributed by atoms with Crippen LogP contribution in [-0.4, -0.2) is 25.2 Å². The van der Waals surface area contributed by atoms with Crippen LogP contribution >= 0.6 is 0 Å². The Labute approximate surface area is 68.1 Å². The third kappa shape index (κ3) is 5.85. The summed E-state index contributed by atoms with van der Waals surface area (Å²) in [6, 6.07) is 0. The van der Waals surface area contributed by atoms with Crippen LogP contribution in [0, 0.1) is 0 Å². The van der Waals surface area contributed by atoms with Gasteiger partial charge in [0.05, 0.1) is 5.60 Å². The fraction of sp³-hybridized carbons (Fsp3) is 0.875. The quantitative estimate of drug-likeness (QED) is 0.462. The molecule has 0 saturated carbocycles. The first-order valence-corrected chi connectivity index (χ1v) is 3.93. The fourth-order valence-corrected chi connectivity index (χ4v) is 0.895. The van der Waals surface area contributed by atoms with Gasteiger partial charge in [-0.1, -0.05) is 0 Å². The number of carbonyl (C=O) groups is 1. The maximum absolute atomic E-state index is 9.90. The lowest BCUT2D eigenvalue weighted by molar-refractivity contribution is -0.109. The zero-order chi connectivity index (χ0) is 8.74. The Kier molecular flexibility index (Phi) is 4.86. The van der Waals surface area contributed by atoms with Crippen molar-refractivity contribution in [2.24, 2.45) is 0 Å². The SMILES string of the molecule is CCOC(C)(C)CCNC=O. The fourth-order valence-electron chi connectivity index (χ4n) is 0.895. The van der Waals surface area contributed by atoms with E-state index < -0.39 is 0 Å². The van der Waals surface area contributed by atoms with E-state index >= 15 is 0 Å². The van der Waals surface area contributed by atoms with Crippen molar-refractivity contribution in [3.8, 4) is 0 Å². The standard InChI is InChI=1S/C8H17NO2/c1-4-11-8(2,3)5-6-9-7-10/h7H,4-6H2,1-3H3,(H,9,10). The Balaban J connectivity index is 3.45. The molecule has 3 nitrogen and oxygen atoms in total. The summed E-state index contributed by atoms with van der Waals surface area (Å²) in [6.07, 6.45) is 1.56. The smallest absolute Gasteiger partial charge is 0.207 e. The monoisotopic (exact) mass is 159 g/mol. The van der Waals surface area contributed by atoms with Gasteiger partial charge in [-0.2, -0.15) is 0 Å². The van der Waals surface area contributed by atoms with Crippen molar-refractivity contribution in [3.05, 3.63) is 0 Å². The number of hydrogen-bond donors (Lipinski definition) is 1. The summed E-state index contributed by atoms with van der Waals surface area (Å²) >= 11 is 0. The van der Waals surface area contributed by atoms with Gasteiger partial charge < -0.3 is 10.1 Å². The molecule has 1 amide bonds. The van der Waals surface area contributed by atoms with Crippen molar-refractivity contribution in [1.29, 1.82) is 0 Å². The highest BCUT2D eigenvalue weighted by molar-refractivity contribution is 5.45. The molecule has 0 aliphatic rings. The molecule has 0 fully saturated rings. The first kappa shape index (κ1) is 10.4. The molecule has 0 aliphatic heterocycles. The van der Waals surface area contributed by atoms with E-state index in [-0.39, 0.29) is 5.60 Å². The van der Waals surface area contributed by atoms with Gasteiger partial charge in [0.15, 0.2) is 0 Å². The van der Waals surface area contributed by atoms with Gasteiger partial charge in [0.2, 0.25) is 6.41 Å². The van der Waals surface area contributed by atoms with Crippen molar-refractivity contribution >= 4 is 6.41 Å². The minimum atomic E-state index is -0.120. The third-order valence-electron chi connectivity index (χ3n) is 1.49. The molecule has 0 atom stereocenters. The van der Waals surface area contributed by atoms with E-state index in [2.05, 4.69) is 5.32 Å². The molecule has 66 valence electrons. The van der Waals surface area contributed by atoms with E-state index in [1.807, 2.05) is 20.8 Å². The summed E-state index contributed by atoms with van der Waals surface area (Å²) < 4.78 is 5.42. The maximum Gasteiger partial charge on any atom is 0.207 e. The van der Waals surface area contributed by atoms with E-state index in [1.165, 1.54) is 0 Å². The second kappa shape index (κ2) is 5.13. The largest absolute Gasteiger partial charge is 0.376 e. The predicted molar refractivity (Wildman–Crippen MR) is 44.4 cm³/mol. The molecule has 1 N–H and O–H groups in total. The van der Waals surface area contributed by atoms with Crippen molar-refractivity contribution in [1.82, 2.24) is 5.32 Å². The summed E-state index contributed by atoms with van der Waals surface area (Å²) in [4.78, 5) is 9.90. The molecule has 0 unspecified atom stereocenters. The lowest BCUT2D eigenvalue weighted by Crippen LogP contribution is -2.29. The molecule has 0 aliphatic carbocycles. The minimum Gasteiger partial charge on any atom is -0.376 e. The van der Waals surface area contributed by atoms with Crippen LogP contribution < -0.4 is 5.32 Å². The highest BCUT2D eigenvalue weighted by atomic mass is 16.5. The summed E-state index contributed by atoms with van der Waals surface area (Å²) in [5.41, 5.74) is -0.120. The highest BCUT2D eigenvalue weighted by Gasteiger charge is 2.15. The molecule has 0 radical (unpaired) electrons. The number of nitrogens with one attached hydrogen (secondary N) is 1. The topological polar surface area (TPSA) is 38.3 Å². The number of amides is 1. The Bertz CT molecular complexity index is 113. The lowest BCUT2D eigenvalue weighted by atomic mass is 10.1. The normalized spacial score (nSPS) is 11.2. The van der Waals surface area contributed by atoms with Crippen molar-refractivity contribution < 1.29 is 9.53 Å². The van der Waals surface area contributed by atoms with Crippen molar-refractivity contribution in [2.45, 2.75) is 32.8 Å². The predicted octanol–water partition coefficient (Wildman–Crippen LogP) is 0.938. The summed E-state index contributed by atoms with van der Waals surface area (Å²) in [7, 11) is 0. The van der Waals surface area contributed by atoms with E-state index in [0.29, 0.717) is 19.6 Å². The molecular formula is C8H17NO2. The van der Waals surface area contributed by atoms with Crippen LogP contribution in [0.3, 0.4) is 0 Å². The maximum atomic E-state index is 9.90. The first-order chi connectivity index (χ1) is 5.12. The van der Waals surface area contributed by atoms with Gasteiger partial charge in [-0.3, -0.25) is 4.79 Å². The zero-order valence-electron chi connectivity index (χ0n) is 7.52. The summed E-state index contributed by atoms with van der Waals surface area (Å²) in [6.45, 7) is 7.39. The van der Waals surface area contributed by atoms with E-state index in [0.717, 1.165) is 6.42 Å². The third-order valence-corrected chi connectivity index (χ3v) is 1.49. The second-order valence-corrected chi connectivity index (χ2v) is 3.01. The van der Waals surface area contributed by atoms with E-state index in [9.17, 15) is 4.79 Å². The van der Waals surface area contributed by atoms with Crippen LogP contribution in [0.15, 0.2) is 0 Å². The molecule has 0 aromatic rings. The Morgan fingerprint density at radius 2 is 2.18 bits per heavy atom. The number of hydrogen-bond acceptors (Lipinski definition) is 2. The van der Waals surface area contributed by atoms with Gasteiger partial charge in [-0.15, -0.1) is 0 Å². The molecule has 0 aromatic carbocycles. The Morgan fingerprint density at radius 1 is 1.55 bits per heavy atom. The van der Waals surface area contributed by atoms with Crippen molar-refractivity contribution in [2.75, 3.05) is 13.2 Å². The number of carbonyl (C=O) groups excluding carboxylic acids is 1. The highest BCUT2D eigenvalue weighted by Crippen LogP contribution is 2.12. The van der Waals surface area contributed by atoms with Gasteiger partial charge in [0.1, 0.15) is 0 Å². The molecule has 0 saturated heterocycles. The molecule has 11 heavy (non-hydrogen) atoms. The second-order valence-electron chi connectivity index (χ2n) is 3.01. The number of ether oxygens (including phenoxy) is 1. The van der Waals surface area contributed by atoms with E-state index in [4.69, 9.17) is 4.74 Å². The van der Waals surface area contributed by atoms with Gasteiger partial charge in [-0.25, -0.2) is 0 Å². The Hall–Kier alpha value is -0.570. The van der Waals surface area contributed by atoms with Gasteiger partial charge in [-0.05, 0) is 27.2 Å². The number of rotatable bonds is 6. The summed E-state index contributed by atoms with van der Waals surface area (Å²) in [5.74, 6) is 0. The molecule has 0 spiro atoms. The molecule has 3 heteroatoms. The molecule has 0 rings (SSSR count). The van der Waals surface area contributed by atoms with Crippen LogP contribution in [0.1, 0.15) is 27.2 Å². The van der Waals surface area contributed by atoms with Crippen LogP contribution in [0.4, 0.5) is 0 Å². The van der Waals surface area contributed by atoms with Gasteiger partial charge in [0.25, 0.3) is 0 Å². The summed E-state index contributed by atoms with van der Waals surface area (Å²) in [5, 5.41) is 2.60. The van der Waals surface area contributed by atoms with Crippen LogP contribution in [0.5, 0.6) is 0 Å². The average molecular weight is 159 g/mol. The van der Waals surface area contributed by atoms with Crippen LogP contribution in [0.2, 0.25) is 0 Å². The van der Waals surface area contributed by atoms with Crippen LogP contribution in [0.25, 0.3) is 0 Å².